The second-order valence-electron chi connectivity index (χ2n) is 3.69. The van der Waals surface area contributed by atoms with Gasteiger partial charge in [-0.25, -0.2) is 28.1 Å². The van der Waals surface area contributed by atoms with E-state index in [0.29, 0.717) is 4.57 Å². The van der Waals surface area contributed by atoms with Gasteiger partial charge in [-0.1, -0.05) is 0 Å². The van der Waals surface area contributed by atoms with Crippen LogP contribution in [0.1, 0.15) is 6.92 Å². The Labute approximate surface area is 104 Å². The van der Waals surface area contributed by atoms with Gasteiger partial charge in [-0.3, -0.25) is 9.59 Å². The summed E-state index contributed by atoms with van der Waals surface area (Å²) in [6.07, 6.45) is 0. The summed E-state index contributed by atoms with van der Waals surface area (Å²) in [6, 6.07) is 0. The number of aromatic nitrogens is 3. The van der Waals surface area contributed by atoms with Gasteiger partial charge in [-0.15, -0.1) is 0 Å². The Kier molecular flexibility index (Phi) is 4.17. The predicted molar refractivity (Wildman–Crippen MR) is 59.8 cm³/mol. The van der Waals surface area contributed by atoms with Gasteiger partial charge in [0.2, 0.25) is 0 Å². The summed E-state index contributed by atoms with van der Waals surface area (Å²) < 4.78 is 0.902. The van der Waals surface area contributed by atoms with Gasteiger partial charge in [-0.05, 0) is 6.92 Å². The summed E-state index contributed by atoms with van der Waals surface area (Å²) >= 11 is 0. The van der Waals surface area contributed by atoms with Crippen LogP contribution in [0.2, 0.25) is 0 Å². The minimum atomic E-state index is -1.48. The topological polar surface area (TPSA) is 141 Å². The zero-order valence-corrected chi connectivity index (χ0v) is 9.90. The number of nitrogens with zero attached hydrogens (tertiary/aromatic N) is 3. The molecule has 0 spiro atoms. The van der Waals surface area contributed by atoms with Crippen LogP contribution in [0.5, 0.6) is 0 Å². The van der Waals surface area contributed by atoms with Crippen molar-refractivity contribution >= 4 is 11.8 Å². The number of rotatable bonds is 5. The summed E-state index contributed by atoms with van der Waals surface area (Å²) in [4.78, 5) is 56.6. The lowest BCUT2D eigenvalue weighted by atomic mass is 10.4. The third kappa shape index (κ3) is 2.85. The van der Waals surface area contributed by atoms with E-state index in [4.69, 9.17) is 10.2 Å². The van der Waals surface area contributed by atoms with E-state index in [1.165, 1.54) is 0 Å². The van der Waals surface area contributed by atoms with Crippen LogP contribution in [0.4, 0.5) is 0 Å². The SMILES string of the molecule is CC(=O)Cn1c(=O)n(CO)c(=O)n(CC(=O)O)c1=O. The van der Waals surface area contributed by atoms with Crippen LogP contribution in [-0.2, 0) is 29.4 Å². The zero-order valence-electron chi connectivity index (χ0n) is 9.90. The van der Waals surface area contributed by atoms with E-state index >= 15 is 0 Å². The highest BCUT2D eigenvalue weighted by Gasteiger charge is 2.17. The van der Waals surface area contributed by atoms with Gasteiger partial charge in [-0.2, -0.15) is 0 Å². The van der Waals surface area contributed by atoms with Crippen molar-refractivity contribution < 1.29 is 19.8 Å². The first-order valence-corrected chi connectivity index (χ1v) is 5.06. The fourth-order valence-electron chi connectivity index (χ4n) is 1.43. The average molecular weight is 273 g/mol. The standard InChI is InChI=1S/C9H11N3O7/c1-5(14)2-10-7(17)11(3-6(15)16)9(19)12(4-13)8(10)18/h13H,2-4H2,1H3,(H,15,16). The molecule has 0 saturated carbocycles. The number of hydrogen-bond donors (Lipinski definition) is 2. The fourth-order valence-corrected chi connectivity index (χ4v) is 1.43. The monoisotopic (exact) mass is 273 g/mol. The number of hydrogen-bond acceptors (Lipinski definition) is 6. The van der Waals surface area contributed by atoms with Crippen LogP contribution in [0.15, 0.2) is 14.4 Å². The number of ketones is 1. The summed E-state index contributed by atoms with van der Waals surface area (Å²) in [6.45, 7) is -1.51. The first-order valence-electron chi connectivity index (χ1n) is 5.06. The molecule has 2 N–H and O–H groups in total. The molecule has 1 heterocycles. The van der Waals surface area contributed by atoms with Crippen molar-refractivity contribution in [2.24, 2.45) is 0 Å². The third-order valence-corrected chi connectivity index (χ3v) is 2.20. The van der Waals surface area contributed by atoms with Crippen LogP contribution in [-0.4, -0.2) is 35.7 Å². The van der Waals surface area contributed by atoms with Crippen LogP contribution in [0, 0.1) is 0 Å². The molecular formula is C9H11N3O7. The minimum absolute atomic E-state index is 0.253. The maximum Gasteiger partial charge on any atom is 0.338 e. The molecule has 10 heteroatoms. The summed E-state index contributed by atoms with van der Waals surface area (Å²) in [7, 11) is 0. The molecule has 0 fully saturated rings. The Morgan fingerprint density at radius 2 is 1.37 bits per heavy atom. The lowest BCUT2D eigenvalue weighted by Gasteiger charge is -2.10. The van der Waals surface area contributed by atoms with E-state index in [2.05, 4.69) is 0 Å². The van der Waals surface area contributed by atoms with Crippen molar-refractivity contribution in [2.75, 3.05) is 0 Å². The Morgan fingerprint density at radius 3 is 1.74 bits per heavy atom. The van der Waals surface area contributed by atoms with Crippen molar-refractivity contribution in [1.29, 1.82) is 0 Å². The van der Waals surface area contributed by atoms with Gasteiger partial charge < -0.3 is 10.2 Å². The Morgan fingerprint density at radius 1 is 0.947 bits per heavy atom. The number of carbonyl (C=O) groups is 2. The van der Waals surface area contributed by atoms with Crippen molar-refractivity contribution in [3.63, 3.8) is 0 Å². The lowest BCUT2D eigenvalue weighted by Crippen LogP contribution is -2.55. The molecule has 104 valence electrons. The Balaban J connectivity index is 3.71. The molecule has 0 aliphatic heterocycles. The Bertz CT molecular complexity index is 639. The number of aliphatic hydroxyl groups is 1. The number of carboxylic acid groups (broad SMARTS) is 1. The van der Waals surface area contributed by atoms with Crippen molar-refractivity contribution in [1.82, 2.24) is 13.7 Å². The molecule has 0 aliphatic rings. The van der Waals surface area contributed by atoms with Crippen LogP contribution in [0.25, 0.3) is 0 Å². The Hall–Kier alpha value is -2.49. The number of carbonyl (C=O) groups excluding carboxylic acids is 1. The first-order chi connectivity index (χ1) is 8.79. The molecule has 0 unspecified atom stereocenters. The predicted octanol–water partition coefficient (Wildman–Crippen LogP) is -3.20. The van der Waals surface area contributed by atoms with Gasteiger partial charge in [0, 0.05) is 0 Å². The van der Waals surface area contributed by atoms with Gasteiger partial charge in [0.05, 0.1) is 6.54 Å². The summed E-state index contributed by atoms with van der Waals surface area (Å²) in [5, 5.41) is 17.5. The highest BCUT2D eigenvalue weighted by atomic mass is 16.4. The normalized spacial score (nSPS) is 10.4. The molecule has 19 heavy (non-hydrogen) atoms. The van der Waals surface area contributed by atoms with Crippen LogP contribution in [0.3, 0.4) is 0 Å². The molecule has 0 atom stereocenters. The molecule has 0 aromatic carbocycles. The van der Waals surface area contributed by atoms with Crippen LogP contribution >= 0.6 is 0 Å². The molecule has 0 saturated heterocycles. The molecule has 0 aliphatic carbocycles. The van der Waals surface area contributed by atoms with Crippen molar-refractivity contribution in [2.45, 2.75) is 26.7 Å². The fraction of sp³-hybridized carbons (Fsp3) is 0.444. The van der Waals surface area contributed by atoms with Gasteiger partial charge in [0.1, 0.15) is 19.1 Å². The lowest BCUT2D eigenvalue weighted by molar-refractivity contribution is -0.137. The third-order valence-electron chi connectivity index (χ3n) is 2.20. The second kappa shape index (κ2) is 5.44. The number of aliphatic carboxylic acids is 1. The molecule has 10 nitrogen and oxygen atoms in total. The first kappa shape index (κ1) is 14.6. The second-order valence-corrected chi connectivity index (χ2v) is 3.69. The largest absolute Gasteiger partial charge is 0.480 e. The smallest absolute Gasteiger partial charge is 0.338 e. The van der Waals surface area contributed by atoms with E-state index in [1.54, 1.807) is 0 Å². The molecule has 0 bridgehead atoms. The van der Waals surface area contributed by atoms with Crippen molar-refractivity contribution in [3.05, 3.63) is 31.5 Å². The number of carboxylic acids is 1. The summed E-state index contributed by atoms with van der Waals surface area (Å²) in [5.74, 6) is -2.01. The number of aliphatic hydroxyl groups excluding tert-OH is 1. The summed E-state index contributed by atoms with van der Waals surface area (Å²) in [5.41, 5.74) is -3.63. The van der Waals surface area contributed by atoms with Crippen LogP contribution < -0.4 is 17.1 Å². The van der Waals surface area contributed by atoms with E-state index in [0.717, 1.165) is 6.92 Å². The highest BCUT2D eigenvalue weighted by Crippen LogP contribution is 1.78. The minimum Gasteiger partial charge on any atom is -0.480 e. The molecular weight excluding hydrogens is 262 g/mol. The van der Waals surface area contributed by atoms with E-state index in [-0.39, 0.29) is 9.13 Å². The average Bonchev–Trinajstić information content (AvgIpc) is 2.30. The molecule has 0 amide bonds. The maximum atomic E-state index is 11.8. The van der Waals surface area contributed by atoms with E-state index in [1.807, 2.05) is 0 Å². The maximum absolute atomic E-state index is 11.8. The van der Waals surface area contributed by atoms with Crippen molar-refractivity contribution in [3.8, 4) is 0 Å². The molecule has 1 rings (SSSR count). The molecule has 1 aromatic heterocycles. The van der Waals surface area contributed by atoms with E-state index < -0.39 is 48.6 Å². The molecule has 1 aromatic rings. The van der Waals surface area contributed by atoms with Gasteiger partial charge >= 0.3 is 23.0 Å². The highest BCUT2D eigenvalue weighted by molar-refractivity contribution is 5.75. The molecule has 0 radical (unpaired) electrons. The van der Waals surface area contributed by atoms with Gasteiger partial charge in [0.25, 0.3) is 0 Å². The zero-order chi connectivity index (χ0) is 14.7. The quantitative estimate of drug-likeness (QED) is 0.575. The van der Waals surface area contributed by atoms with E-state index in [9.17, 15) is 24.0 Å². The van der Waals surface area contributed by atoms with Gasteiger partial charge in [0.15, 0.2) is 0 Å². The number of Topliss-reactive ketones (excluding diaryl/α,β-unsaturated/α-hetero) is 1.